The topological polar surface area (TPSA) is 60.2 Å². The molecule has 3 aromatic rings. The van der Waals surface area contributed by atoms with Gasteiger partial charge in [-0.15, -0.1) is 0 Å². The molecule has 1 saturated heterocycles. The molecule has 172 valence electrons. The quantitative estimate of drug-likeness (QED) is 0.545. The fourth-order valence-electron chi connectivity index (χ4n) is 5.24. The smallest absolute Gasteiger partial charge is 0.256 e. The number of halogens is 3. The van der Waals surface area contributed by atoms with Gasteiger partial charge >= 0.3 is 0 Å². The number of benzene rings is 1. The van der Waals surface area contributed by atoms with E-state index in [9.17, 15) is 18.0 Å². The molecule has 2 aromatic heterocycles. The zero-order valence-electron chi connectivity index (χ0n) is 18.5. The minimum absolute atomic E-state index is 0.0794. The summed E-state index contributed by atoms with van der Waals surface area (Å²) in [6.45, 7) is 1.84. The third kappa shape index (κ3) is 3.37. The van der Waals surface area contributed by atoms with E-state index in [4.69, 9.17) is 4.74 Å². The molecule has 9 heteroatoms. The molecular formula is C24H23F3N4O2. The third-order valence-electron chi connectivity index (χ3n) is 6.64. The van der Waals surface area contributed by atoms with Gasteiger partial charge in [-0.3, -0.25) is 9.48 Å². The Kier molecular flexibility index (Phi) is 5.14. The molecule has 5 rings (SSSR count). The fourth-order valence-corrected chi connectivity index (χ4v) is 5.24. The zero-order valence-corrected chi connectivity index (χ0v) is 18.5. The Morgan fingerprint density at radius 2 is 1.88 bits per heavy atom. The summed E-state index contributed by atoms with van der Waals surface area (Å²) in [6.07, 6.45) is 4.52. The molecule has 0 N–H and O–H groups in total. The molecule has 1 aromatic carbocycles. The highest BCUT2D eigenvalue weighted by Gasteiger charge is 2.43. The first kappa shape index (κ1) is 21.5. The maximum Gasteiger partial charge on any atom is 0.256 e. The number of aryl methyl sites for hydroxylation is 2. The van der Waals surface area contributed by atoms with Crippen LogP contribution in [0.4, 0.5) is 13.2 Å². The summed E-state index contributed by atoms with van der Waals surface area (Å²) in [5.41, 5.74) is 3.61. The lowest BCUT2D eigenvalue weighted by molar-refractivity contribution is 0.0391. The van der Waals surface area contributed by atoms with Crippen LogP contribution in [0.1, 0.15) is 52.5 Å². The van der Waals surface area contributed by atoms with E-state index < -0.39 is 17.5 Å². The first-order valence-electron chi connectivity index (χ1n) is 10.8. The predicted molar refractivity (Wildman–Crippen MR) is 114 cm³/mol. The van der Waals surface area contributed by atoms with Gasteiger partial charge in [-0.25, -0.2) is 18.2 Å². The molecule has 2 atom stereocenters. The Morgan fingerprint density at radius 3 is 2.55 bits per heavy atom. The van der Waals surface area contributed by atoms with Crippen molar-refractivity contribution in [2.24, 2.45) is 7.05 Å². The van der Waals surface area contributed by atoms with Crippen LogP contribution in [0.3, 0.4) is 0 Å². The van der Waals surface area contributed by atoms with E-state index >= 15 is 0 Å². The van der Waals surface area contributed by atoms with Crippen molar-refractivity contribution in [1.29, 1.82) is 0 Å². The molecular weight excluding hydrogens is 433 g/mol. The molecule has 2 aliphatic rings. The van der Waals surface area contributed by atoms with Crippen LogP contribution in [0.2, 0.25) is 0 Å². The SMILES string of the molecule is COc1ncc(C(=O)N2[C@H]3CCC[C@@H]2c2nn(C)c(-c4cc(F)c(F)c(F)c4)c2C3)cc1C. The normalized spacial score (nSPS) is 19.4. The molecule has 1 amide bonds. The van der Waals surface area contributed by atoms with Crippen molar-refractivity contribution in [1.82, 2.24) is 19.7 Å². The first-order chi connectivity index (χ1) is 15.8. The molecule has 4 heterocycles. The number of hydrogen-bond acceptors (Lipinski definition) is 4. The maximum atomic E-state index is 14.0. The van der Waals surface area contributed by atoms with Gasteiger partial charge in [0.15, 0.2) is 17.5 Å². The van der Waals surface area contributed by atoms with E-state index in [2.05, 4.69) is 10.1 Å². The molecule has 6 nitrogen and oxygen atoms in total. The number of piperidine rings is 1. The molecule has 2 bridgehead atoms. The molecule has 2 aliphatic heterocycles. The van der Waals surface area contributed by atoms with Crippen molar-refractivity contribution in [2.45, 2.75) is 44.7 Å². The number of fused-ring (bicyclic) bond motifs is 4. The fraction of sp³-hybridized carbons (Fsp3) is 0.375. The van der Waals surface area contributed by atoms with Crippen LogP contribution in [0.15, 0.2) is 24.4 Å². The number of nitrogens with zero attached hydrogens (tertiary/aromatic N) is 4. The second-order valence-electron chi connectivity index (χ2n) is 8.66. The standard InChI is InChI=1S/C24H23F3N4O2/c1-12-7-14(11-28-23(12)33-3)24(32)31-15-5-4-6-19(31)21-16(10-15)22(30(2)29-21)13-8-17(25)20(27)18(26)9-13/h7-9,11,15,19H,4-6,10H2,1-3H3/t15-,19+/m0/s1. The lowest BCUT2D eigenvalue weighted by Gasteiger charge is -2.45. The maximum absolute atomic E-state index is 14.0. The van der Waals surface area contributed by atoms with Crippen molar-refractivity contribution in [2.75, 3.05) is 7.11 Å². The monoisotopic (exact) mass is 456 g/mol. The van der Waals surface area contributed by atoms with Gasteiger partial charge < -0.3 is 9.64 Å². The van der Waals surface area contributed by atoms with Gasteiger partial charge in [-0.1, -0.05) is 0 Å². The molecule has 0 unspecified atom stereocenters. The Morgan fingerprint density at radius 1 is 1.15 bits per heavy atom. The van der Waals surface area contributed by atoms with E-state index in [1.54, 1.807) is 17.8 Å². The Balaban J connectivity index is 1.57. The number of hydrogen-bond donors (Lipinski definition) is 0. The number of carbonyl (C=O) groups excluding carboxylic acids is 1. The van der Waals surface area contributed by atoms with Gasteiger partial charge in [0.2, 0.25) is 5.88 Å². The Labute approximate surface area is 189 Å². The van der Waals surface area contributed by atoms with Gasteiger partial charge in [0, 0.05) is 36.0 Å². The summed E-state index contributed by atoms with van der Waals surface area (Å²) < 4.78 is 48.2. The minimum atomic E-state index is -1.49. The number of aromatic nitrogens is 3. The molecule has 0 radical (unpaired) electrons. The molecule has 33 heavy (non-hydrogen) atoms. The van der Waals surface area contributed by atoms with Crippen molar-refractivity contribution in [3.63, 3.8) is 0 Å². The third-order valence-corrected chi connectivity index (χ3v) is 6.64. The molecule has 0 aliphatic carbocycles. The second kappa shape index (κ2) is 7.90. The van der Waals surface area contributed by atoms with Crippen LogP contribution in [0.25, 0.3) is 11.3 Å². The van der Waals surface area contributed by atoms with Crippen molar-refractivity contribution in [3.8, 4) is 17.1 Å². The van der Waals surface area contributed by atoms with Gasteiger partial charge in [-0.2, -0.15) is 5.10 Å². The lowest BCUT2D eigenvalue weighted by Crippen LogP contribution is -2.49. The van der Waals surface area contributed by atoms with Gasteiger partial charge in [0.1, 0.15) is 0 Å². The number of pyridine rings is 1. The highest BCUT2D eigenvalue weighted by atomic mass is 19.2. The molecule has 0 spiro atoms. The average Bonchev–Trinajstić information content (AvgIpc) is 3.11. The number of carbonyl (C=O) groups is 1. The lowest BCUT2D eigenvalue weighted by atomic mass is 9.81. The van der Waals surface area contributed by atoms with Crippen molar-refractivity contribution >= 4 is 5.91 Å². The Bertz CT molecular complexity index is 1250. The number of rotatable bonds is 3. The van der Waals surface area contributed by atoms with E-state index in [0.29, 0.717) is 23.6 Å². The zero-order chi connectivity index (χ0) is 23.4. The first-order valence-corrected chi connectivity index (χ1v) is 10.8. The van der Waals surface area contributed by atoms with Crippen molar-refractivity contribution < 1.29 is 22.7 Å². The second-order valence-corrected chi connectivity index (χ2v) is 8.66. The number of methoxy groups -OCH3 is 1. The van der Waals surface area contributed by atoms with Crippen molar-refractivity contribution in [3.05, 3.63) is 64.2 Å². The van der Waals surface area contributed by atoms with Crippen LogP contribution in [0.5, 0.6) is 5.88 Å². The van der Waals surface area contributed by atoms with Crippen LogP contribution in [-0.2, 0) is 13.5 Å². The summed E-state index contributed by atoms with van der Waals surface area (Å²) in [6, 6.07) is 3.43. The van der Waals surface area contributed by atoms with Gasteiger partial charge in [-0.05, 0) is 50.8 Å². The van der Waals surface area contributed by atoms with E-state index in [1.165, 1.54) is 13.3 Å². The van der Waals surface area contributed by atoms with Crippen LogP contribution in [-0.4, -0.2) is 38.7 Å². The summed E-state index contributed by atoms with van der Waals surface area (Å²) in [5.74, 6) is -3.63. The van der Waals surface area contributed by atoms with E-state index in [1.807, 2.05) is 11.8 Å². The van der Waals surface area contributed by atoms with Crippen LogP contribution >= 0.6 is 0 Å². The average molecular weight is 456 g/mol. The summed E-state index contributed by atoms with van der Waals surface area (Å²) in [5, 5.41) is 4.65. The summed E-state index contributed by atoms with van der Waals surface area (Å²) >= 11 is 0. The highest BCUT2D eigenvalue weighted by Crippen LogP contribution is 2.45. The predicted octanol–water partition coefficient (Wildman–Crippen LogP) is 4.51. The van der Waals surface area contributed by atoms with E-state index in [0.717, 1.165) is 48.2 Å². The molecule has 1 fully saturated rings. The van der Waals surface area contributed by atoms with Crippen LogP contribution in [0, 0.1) is 24.4 Å². The minimum Gasteiger partial charge on any atom is -0.481 e. The number of amides is 1. The highest BCUT2D eigenvalue weighted by molar-refractivity contribution is 5.95. The molecule has 0 saturated carbocycles. The van der Waals surface area contributed by atoms with E-state index in [-0.39, 0.29) is 23.6 Å². The van der Waals surface area contributed by atoms with Crippen LogP contribution < -0.4 is 4.74 Å². The largest absolute Gasteiger partial charge is 0.481 e. The number of ether oxygens (including phenoxy) is 1. The van der Waals surface area contributed by atoms with Gasteiger partial charge in [0.25, 0.3) is 5.91 Å². The summed E-state index contributed by atoms with van der Waals surface area (Å²) in [7, 11) is 3.23. The van der Waals surface area contributed by atoms with Gasteiger partial charge in [0.05, 0.1) is 30.1 Å². The summed E-state index contributed by atoms with van der Waals surface area (Å²) in [4.78, 5) is 19.6. The Hall–Kier alpha value is -3.36.